The van der Waals surface area contributed by atoms with E-state index in [1.807, 2.05) is 30.3 Å². The fraction of sp³-hybridized carbons (Fsp3) is 0.500. The topological polar surface area (TPSA) is 64.2 Å². The number of piperazine rings is 1. The molecule has 0 aliphatic carbocycles. The van der Waals surface area contributed by atoms with Gasteiger partial charge in [-0.1, -0.05) is 18.2 Å². The predicted molar refractivity (Wildman–Crippen MR) is 94.2 cm³/mol. The average Bonchev–Trinajstić information content (AvgIpc) is 3.01. The third-order valence-electron chi connectivity index (χ3n) is 5.05. The van der Waals surface area contributed by atoms with Gasteiger partial charge in [-0.3, -0.25) is 9.59 Å². The van der Waals surface area contributed by atoms with E-state index in [0.29, 0.717) is 26.1 Å². The molecule has 1 atom stereocenters. The highest BCUT2D eigenvalue weighted by atomic mass is 16.2. The Morgan fingerprint density at radius 2 is 1.80 bits per heavy atom. The predicted octanol–water partition coefficient (Wildman–Crippen LogP) is 1.01. The minimum absolute atomic E-state index is 0.0498. The van der Waals surface area contributed by atoms with Gasteiger partial charge < -0.3 is 19.6 Å². The van der Waals surface area contributed by atoms with E-state index in [0.717, 1.165) is 5.69 Å². The lowest BCUT2D eigenvalue weighted by Crippen LogP contribution is -2.67. The number of benzene rings is 1. The lowest BCUT2D eigenvalue weighted by atomic mass is 9.91. The monoisotopic (exact) mass is 344 g/mol. The van der Waals surface area contributed by atoms with Crippen LogP contribution in [0.25, 0.3) is 0 Å². The van der Waals surface area contributed by atoms with Crippen LogP contribution in [0.15, 0.2) is 30.3 Å². The van der Waals surface area contributed by atoms with Gasteiger partial charge in [0, 0.05) is 39.8 Å². The first-order valence-electron chi connectivity index (χ1n) is 8.44. The van der Waals surface area contributed by atoms with Gasteiger partial charge in [0.15, 0.2) is 0 Å². The minimum Gasteiger partial charge on any atom is -0.331 e. The SMILES string of the molecule is CC(=O)N1CC(=O)N(c2ccccc2)CC12CCN(C(=O)N(C)C)C2. The molecule has 1 aromatic carbocycles. The molecular formula is C18H24N4O3. The molecule has 25 heavy (non-hydrogen) atoms. The van der Waals surface area contributed by atoms with Crippen molar-refractivity contribution in [1.82, 2.24) is 14.7 Å². The van der Waals surface area contributed by atoms with E-state index < -0.39 is 5.54 Å². The van der Waals surface area contributed by atoms with Crippen LogP contribution < -0.4 is 4.90 Å². The first kappa shape index (κ1) is 17.3. The molecule has 0 aromatic heterocycles. The molecule has 0 N–H and O–H groups in total. The summed E-state index contributed by atoms with van der Waals surface area (Å²) >= 11 is 0. The summed E-state index contributed by atoms with van der Waals surface area (Å²) in [5.74, 6) is -0.218. The zero-order chi connectivity index (χ0) is 18.2. The maximum absolute atomic E-state index is 12.6. The van der Waals surface area contributed by atoms with Crippen molar-refractivity contribution in [2.45, 2.75) is 18.9 Å². The molecule has 4 amide bonds. The number of carbonyl (C=O) groups excluding carboxylic acids is 3. The zero-order valence-electron chi connectivity index (χ0n) is 14.9. The minimum atomic E-state index is -0.527. The van der Waals surface area contributed by atoms with Crippen molar-refractivity contribution in [1.29, 1.82) is 0 Å². The largest absolute Gasteiger partial charge is 0.331 e. The van der Waals surface area contributed by atoms with Gasteiger partial charge in [0.1, 0.15) is 6.54 Å². The Balaban J connectivity index is 1.90. The molecule has 0 saturated carbocycles. The van der Waals surface area contributed by atoms with E-state index in [-0.39, 0.29) is 24.4 Å². The van der Waals surface area contributed by atoms with Gasteiger partial charge in [-0.15, -0.1) is 0 Å². The Labute approximate surface area is 147 Å². The van der Waals surface area contributed by atoms with Crippen molar-refractivity contribution in [2.75, 3.05) is 45.2 Å². The smallest absolute Gasteiger partial charge is 0.319 e. The number of carbonyl (C=O) groups is 3. The molecular weight excluding hydrogens is 320 g/mol. The summed E-state index contributed by atoms with van der Waals surface area (Å²) in [5.41, 5.74) is 0.300. The molecule has 134 valence electrons. The van der Waals surface area contributed by atoms with E-state index in [1.54, 1.807) is 33.7 Å². The second-order valence-corrected chi connectivity index (χ2v) is 6.99. The van der Waals surface area contributed by atoms with Crippen LogP contribution in [0.5, 0.6) is 0 Å². The molecule has 2 aliphatic heterocycles. The molecule has 1 aromatic rings. The van der Waals surface area contributed by atoms with Gasteiger partial charge >= 0.3 is 6.03 Å². The second-order valence-electron chi connectivity index (χ2n) is 6.99. The van der Waals surface area contributed by atoms with Crippen LogP contribution in [0.2, 0.25) is 0 Å². The number of urea groups is 1. The quantitative estimate of drug-likeness (QED) is 0.764. The first-order chi connectivity index (χ1) is 11.8. The highest BCUT2D eigenvalue weighted by molar-refractivity contribution is 5.98. The van der Waals surface area contributed by atoms with E-state index in [2.05, 4.69) is 0 Å². The highest BCUT2D eigenvalue weighted by Crippen LogP contribution is 2.34. The number of hydrogen-bond acceptors (Lipinski definition) is 3. The maximum Gasteiger partial charge on any atom is 0.319 e. The Morgan fingerprint density at radius 1 is 1.12 bits per heavy atom. The third kappa shape index (κ3) is 3.06. The number of anilines is 1. The summed E-state index contributed by atoms with van der Waals surface area (Å²) in [6, 6.07) is 9.41. The van der Waals surface area contributed by atoms with Crippen LogP contribution in [0.1, 0.15) is 13.3 Å². The lowest BCUT2D eigenvalue weighted by Gasteiger charge is -2.48. The number of amides is 4. The fourth-order valence-electron chi connectivity index (χ4n) is 3.80. The van der Waals surface area contributed by atoms with Crippen molar-refractivity contribution >= 4 is 23.5 Å². The molecule has 1 unspecified atom stereocenters. The van der Waals surface area contributed by atoms with Gasteiger partial charge in [0.2, 0.25) is 11.8 Å². The van der Waals surface area contributed by atoms with E-state index in [4.69, 9.17) is 0 Å². The summed E-state index contributed by atoms with van der Waals surface area (Å²) in [7, 11) is 3.44. The second kappa shape index (κ2) is 6.38. The van der Waals surface area contributed by atoms with Crippen molar-refractivity contribution in [3.05, 3.63) is 30.3 Å². The van der Waals surface area contributed by atoms with Crippen molar-refractivity contribution < 1.29 is 14.4 Å². The summed E-state index contributed by atoms with van der Waals surface area (Å²) < 4.78 is 0. The Morgan fingerprint density at radius 3 is 2.40 bits per heavy atom. The summed E-state index contributed by atoms with van der Waals surface area (Å²) in [5, 5.41) is 0. The molecule has 2 heterocycles. The lowest BCUT2D eigenvalue weighted by molar-refractivity contribution is -0.142. The molecule has 7 heteroatoms. The molecule has 7 nitrogen and oxygen atoms in total. The molecule has 0 bridgehead atoms. The Bertz CT molecular complexity index is 691. The zero-order valence-corrected chi connectivity index (χ0v) is 14.9. The van der Waals surface area contributed by atoms with Crippen molar-refractivity contribution in [2.24, 2.45) is 0 Å². The molecule has 2 aliphatic rings. The van der Waals surface area contributed by atoms with Crippen molar-refractivity contribution in [3.63, 3.8) is 0 Å². The van der Waals surface area contributed by atoms with Gasteiger partial charge in [-0.25, -0.2) is 4.79 Å². The van der Waals surface area contributed by atoms with Gasteiger partial charge in [0.05, 0.1) is 12.1 Å². The molecule has 2 saturated heterocycles. The highest BCUT2D eigenvalue weighted by Gasteiger charge is 2.51. The summed E-state index contributed by atoms with van der Waals surface area (Å²) in [6.45, 7) is 2.97. The number of rotatable bonds is 1. The number of hydrogen-bond donors (Lipinski definition) is 0. The van der Waals surface area contributed by atoms with Gasteiger partial charge in [-0.2, -0.15) is 0 Å². The van der Waals surface area contributed by atoms with Crippen molar-refractivity contribution in [3.8, 4) is 0 Å². The Kier molecular flexibility index (Phi) is 4.41. The van der Waals surface area contributed by atoms with E-state index in [9.17, 15) is 14.4 Å². The molecule has 2 fully saturated rings. The van der Waals surface area contributed by atoms with Gasteiger partial charge in [0.25, 0.3) is 0 Å². The summed E-state index contributed by atoms with van der Waals surface area (Å²) in [4.78, 5) is 43.8. The van der Waals surface area contributed by atoms with Crippen LogP contribution in [-0.4, -0.2) is 78.4 Å². The number of likely N-dealkylation sites (tertiary alicyclic amines) is 1. The molecule has 1 spiro atoms. The fourth-order valence-corrected chi connectivity index (χ4v) is 3.80. The average molecular weight is 344 g/mol. The van der Waals surface area contributed by atoms with Crippen LogP contribution >= 0.6 is 0 Å². The van der Waals surface area contributed by atoms with Crippen LogP contribution in [-0.2, 0) is 9.59 Å². The van der Waals surface area contributed by atoms with Crippen LogP contribution in [0.4, 0.5) is 10.5 Å². The van der Waals surface area contributed by atoms with E-state index in [1.165, 1.54) is 6.92 Å². The number of nitrogens with zero attached hydrogens (tertiary/aromatic N) is 4. The molecule has 3 rings (SSSR count). The van der Waals surface area contributed by atoms with E-state index >= 15 is 0 Å². The van der Waals surface area contributed by atoms with Crippen LogP contribution in [0, 0.1) is 0 Å². The standard InChI is InChI=1S/C18H24N4O3/c1-14(23)22-11-16(24)21(15-7-5-4-6-8-15)13-18(22)9-10-20(12-18)17(25)19(2)3/h4-8H,9-13H2,1-3H3. The maximum atomic E-state index is 12.6. The number of para-hydroxylation sites is 1. The summed E-state index contributed by atoms with van der Waals surface area (Å²) in [6.07, 6.45) is 0.669. The Hall–Kier alpha value is -2.57. The molecule has 0 radical (unpaired) electrons. The van der Waals surface area contributed by atoms with Gasteiger partial charge in [-0.05, 0) is 18.6 Å². The first-order valence-corrected chi connectivity index (χ1v) is 8.44. The third-order valence-corrected chi connectivity index (χ3v) is 5.05. The normalized spacial score (nSPS) is 23.3. The van der Waals surface area contributed by atoms with Crippen LogP contribution in [0.3, 0.4) is 0 Å².